The second-order valence-electron chi connectivity index (χ2n) is 5.65. The number of fused-ring (bicyclic) bond motifs is 1. The topological polar surface area (TPSA) is 20.3 Å². The number of likely N-dealkylation sites (tertiary alicyclic amines) is 1. The first-order chi connectivity index (χ1) is 9.25. The summed E-state index contributed by atoms with van der Waals surface area (Å²) >= 11 is 0.506. The molecule has 1 aromatic carbocycles. The van der Waals surface area contributed by atoms with Gasteiger partial charge < -0.3 is 0 Å². The Morgan fingerprint density at radius 3 is 2.74 bits per heavy atom. The molecule has 2 nitrogen and oxygen atoms in total. The number of hydrogen-bond acceptors (Lipinski definition) is 1. The molecule has 1 aliphatic heterocycles. The number of nitrogens with zero attached hydrogens (tertiary/aromatic N) is 1. The molecule has 102 valence electrons. The van der Waals surface area contributed by atoms with E-state index >= 15 is 0 Å². The third-order valence-electron chi connectivity index (χ3n) is 4.45. The van der Waals surface area contributed by atoms with Crippen molar-refractivity contribution in [2.75, 3.05) is 6.54 Å². The van der Waals surface area contributed by atoms with E-state index in [4.69, 9.17) is 0 Å². The number of hydrogen-bond donors (Lipinski definition) is 0. The number of piperidine rings is 1. The average Bonchev–Trinajstić information content (AvgIpc) is 2.83. The molecular formula is C16H21NOSe. The molecule has 2 fully saturated rings. The van der Waals surface area contributed by atoms with E-state index in [2.05, 4.69) is 35.2 Å². The molecule has 0 aromatic heterocycles. The van der Waals surface area contributed by atoms with Crippen molar-refractivity contribution in [2.45, 2.75) is 43.5 Å². The molecule has 1 heterocycles. The Bertz CT molecular complexity index is 447. The Kier molecular flexibility index (Phi) is 3.95. The standard InChI is InChI=1S/C16H21NOSe/c1-12(18)17-11-5-6-13-9-10-15(16(13)17)19-14-7-3-2-4-8-14/h2-4,7-8,13,15-16H,5-6,9-11H2,1H3/t13-,15-,16-/m0/s1. The van der Waals surface area contributed by atoms with Gasteiger partial charge in [0, 0.05) is 0 Å². The maximum absolute atomic E-state index is 11.9. The zero-order valence-electron chi connectivity index (χ0n) is 11.4. The van der Waals surface area contributed by atoms with Gasteiger partial charge in [0.1, 0.15) is 0 Å². The van der Waals surface area contributed by atoms with Crippen LogP contribution in [0.15, 0.2) is 30.3 Å². The third kappa shape index (κ3) is 2.73. The Labute approximate surface area is 121 Å². The first kappa shape index (κ1) is 13.2. The SMILES string of the molecule is CC(=O)N1CCC[C@H]2CC[C@H]([Se]c3ccccc3)[C@H]21. The molecule has 2 aliphatic rings. The van der Waals surface area contributed by atoms with E-state index in [1.807, 2.05) is 0 Å². The second kappa shape index (κ2) is 5.68. The van der Waals surface area contributed by atoms with E-state index in [-0.39, 0.29) is 5.91 Å². The van der Waals surface area contributed by atoms with Crippen LogP contribution in [0.2, 0.25) is 4.82 Å². The van der Waals surface area contributed by atoms with Crippen molar-refractivity contribution in [3.05, 3.63) is 30.3 Å². The van der Waals surface area contributed by atoms with Gasteiger partial charge in [0.15, 0.2) is 0 Å². The summed E-state index contributed by atoms with van der Waals surface area (Å²) in [6.45, 7) is 2.73. The zero-order valence-corrected chi connectivity index (χ0v) is 13.1. The van der Waals surface area contributed by atoms with E-state index in [1.54, 1.807) is 6.92 Å². The van der Waals surface area contributed by atoms with E-state index in [1.165, 1.54) is 30.1 Å². The molecule has 1 saturated heterocycles. The summed E-state index contributed by atoms with van der Waals surface area (Å²) in [7, 11) is 0. The van der Waals surface area contributed by atoms with Crippen LogP contribution in [0.4, 0.5) is 0 Å². The van der Waals surface area contributed by atoms with E-state index in [9.17, 15) is 4.79 Å². The van der Waals surface area contributed by atoms with Crippen LogP contribution < -0.4 is 4.46 Å². The Balaban J connectivity index is 1.76. The van der Waals surface area contributed by atoms with Crippen molar-refractivity contribution in [2.24, 2.45) is 5.92 Å². The fourth-order valence-corrected chi connectivity index (χ4v) is 6.63. The maximum atomic E-state index is 11.9. The van der Waals surface area contributed by atoms with E-state index in [0.717, 1.165) is 17.3 Å². The van der Waals surface area contributed by atoms with Gasteiger partial charge in [-0.05, 0) is 0 Å². The summed E-state index contributed by atoms with van der Waals surface area (Å²) in [6, 6.07) is 11.4. The molecule has 19 heavy (non-hydrogen) atoms. The average molecular weight is 322 g/mol. The number of carbonyl (C=O) groups is 1. The van der Waals surface area contributed by atoms with Gasteiger partial charge in [0.2, 0.25) is 0 Å². The van der Waals surface area contributed by atoms with Crippen LogP contribution >= 0.6 is 0 Å². The van der Waals surface area contributed by atoms with Crippen molar-refractivity contribution < 1.29 is 4.79 Å². The van der Waals surface area contributed by atoms with Gasteiger partial charge in [0.05, 0.1) is 0 Å². The number of benzene rings is 1. The van der Waals surface area contributed by atoms with Crippen molar-refractivity contribution in [3.8, 4) is 0 Å². The molecule has 1 aliphatic carbocycles. The van der Waals surface area contributed by atoms with Crippen LogP contribution in [-0.4, -0.2) is 38.4 Å². The van der Waals surface area contributed by atoms with Crippen LogP contribution in [0.1, 0.15) is 32.6 Å². The normalized spacial score (nSPS) is 30.2. The summed E-state index contributed by atoms with van der Waals surface area (Å²) in [4.78, 5) is 14.8. The van der Waals surface area contributed by atoms with Gasteiger partial charge in [0.25, 0.3) is 0 Å². The van der Waals surface area contributed by atoms with E-state index in [0.29, 0.717) is 21.0 Å². The van der Waals surface area contributed by atoms with Gasteiger partial charge >= 0.3 is 121 Å². The fraction of sp³-hybridized carbons (Fsp3) is 0.562. The van der Waals surface area contributed by atoms with Gasteiger partial charge in [-0.25, -0.2) is 0 Å². The van der Waals surface area contributed by atoms with Crippen molar-refractivity contribution >= 4 is 25.3 Å². The quantitative estimate of drug-likeness (QED) is 0.765. The number of amides is 1. The van der Waals surface area contributed by atoms with E-state index < -0.39 is 0 Å². The second-order valence-corrected chi connectivity index (χ2v) is 8.41. The molecule has 1 amide bonds. The summed E-state index contributed by atoms with van der Waals surface area (Å²) in [5.74, 6) is 1.05. The summed E-state index contributed by atoms with van der Waals surface area (Å²) in [5, 5.41) is 0. The van der Waals surface area contributed by atoms with Crippen LogP contribution in [0.3, 0.4) is 0 Å². The van der Waals surface area contributed by atoms with Crippen molar-refractivity contribution in [1.29, 1.82) is 0 Å². The summed E-state index contributed by atoms with van der Waals surface area (Å²) in [5.41, 5.74) is 0. The third-order valence-corrected chi connectivity index (χ3v) is 7.31. The fourth-order valence-electron chi connectivity index (χ4n) is 3.64. The Morgan fingerprint density at radius 1 is 1.21 bits per heavy atom. The molecule has 0 radical (unpaired) electrons. The van der Waals surface area contributed by atoms with Crippen LogP contribution in [0.5, 0.6) is 0 Å². The van der Waals surface area contributed by atoms with Gasteiger partial charge in [-0.2, -0.15) is 0 Å². The van der Waals surface area contributed by atoms with Crippen molar-refractivity contribution in [3.63, 3.8) is 0 Å². The first-order valence-electron chi connectivity index (χ1n) is 7.24. The molecule has 1 saturated carbocycles. The predicted octanol–water partition coefficient (Wildman–Crippen LogP) is 2.23. The van der Waals surface area contributed by atoms with Crippen LogP contribution in [0.25, 0.3) is 0 Å². The molecule has 3 atom stereocenters. The Hall–Kier alpha value is -0.791. The number of carbonyl (C=O) groups excluding carboxylic acids is 1. The van der Waals surface area contributed by atoms with Crippen LogP contribution in [-0.2, 0) is 4.79 Å². The molecule has 0 unspecified atom stereocenters. The molecular weight excluding hydrogens is 301 g/mol. The Morgan fingerprint density at radius 2 is 2.00 bits per heavy atom. The molecule has 3 rings (SSSR count). The number of rotatable bonds is 2. The molecule has 0 bridgehead atoms. The van der Waals surface area contributed by atoms with Gasteiger partial charge in [-0.15, -0.1) is 0 Å². The first-order valence-corrected chi connectivity index (χ1v) is 9.09. The summed E-state index contributed by atoms with van der Waals surface area (Å²) < 4.78 is 1.48. The van der Waals surface area contributed by atoms with Gasteiger partial charge in [-0.3, -0.25) is 0 Å². The monoisotopic (exact) mass is 323 g/mol. The van der Waals surface area contributed by atoms with Crippen LogP contribution in [0, 0.1) is 5.92 Å². The minimum atomic E-state index is 0.283. The molecule has 0 spiro atoms. The predicted molar refractivity (Wildman–Crippen MR) is 78.7 cm³/mol. The minimum absolute atomic E-state index is 0.283. The van der Waals surface area contributed by atoms with Crippen molar-refractivity contribution in [1.82, 2.24) is 4.90 Å². The molecule has 1 aromatic rings. The zero-order chi connectivity index (χ0) is 13.2. The van der Waals surface area contributed by atoms with Gasteiger partial charge in [-0.1, -0.05) is 0 Å². The molecule has 3 heteroatoms. The summed E-state index contributed by atoms with van der Waals surface area (Å²) in [6.07, 6.45) is 5.17. The molecule has 0 N–H and O–H groups in total.